The molecule has 0 atom stereocenters. The molecule has 3 rings (SSSR count). The Kier molecular flexibility index (Phi) is 3.18. The molecule has 0 bridgehead atoms. The first-order valence-corrected chi connectivity index (χ1v) is 7.01. The van der Waals surface area contributed by atoms with Crippen LogP contribution in [0.2, 0.25) is 0 Å². The van der Waals surface area contributed by atoms with Gasteiger partial charge in [-0.1, -0.05) is 0 Å². The molecule has 96 valence electrons. The summed E-state index contributed by atoms with van der Waals surface area (Å²) in [4.78, 5) is 1.03. The van der Waals surface area contributed by atoms with Crippen molar-refractivity contribution in [3.8, 4) is 0 Å². The molecule has 5 heteroatoms. The molecular weight excluding hydrogens is 249 g/mol. The highest BCUT2D eigenvalue weighted by atomic mass is 32.1. The molecule has 0 radical (unpaired) electrons. The van der Waals surface area contributed by atoms with Crippen molar-refractivity contribution in [2.75, 3.05) is 0 Å². The second kappa shape index (κ2) is 4.82. The van der Waals surface area contributed by atoms with E-state index in [0.29, 0.717) is 12.5 Å². The van der Waals surface area contributed by atoms with Gasteiger partial charge in [-0.05, 0) is 25.0 Å². The van der Waals surface area contributed by atoms with Gasteiger partial charge in [0.15, 0.2) is 5.13 Å². The van der Waals surface area contributed by atoms with Gasteiger partial charge in [-0.2, -0.15) is 9.49 Å². The standard InChI is InChI=1S/C13H16FN3S/c1-17-8-10(13(16-17)9-2-3-9)6-15-7-11-4-5-12(14)18-11/h4-5,8-9,15H,2-3,6-7H2,1H3. The maximum absolute atomic E-state index is 12.8. The lowest BCUT2D eigenvalue weighted by Crippen LogP contribution is -2.12. The van der Waals surface area contributed by atoms with Gasteiger partial charge in [-0.25, -0.2) is 0 Å². The molecule has 0 aromatic carbocycles. The molecule has 1 saturated carbocycles. The Labute approximate surface area is 110 Å². The van der Waals surface area contributed by atoms with Crippen LogP contribution >= 0.6 is 11.3 Å². The van der Waals surface area contributed by atoms with E-state index >= 15 is 0 Å². The maximum Gasteiger partial charge on any atom is 0.176 e. The van der Waals surface area contributed by atoms with Crippen molar-refractivity contribution in [1.29, 1.82) is 0 Å². The largest absolute Gasteiger partial charge is 0.308 e. The number of hydrogen-bond donors (Lipinski definition) is 1. The summed E-state index contributed by atoms with van der Waals surface area (Å²) < 4.78 is 14.7. The lowest BCUT2D eigenvalue weighted by atomic mass is 10.2. The first-order valence-electron chi connectivity index (χ1n) is 6.19. The van der Waals surface area contributed by atoms with E-state index in [9.17, 15) is 4.39 Å². The first kappa shape index (κ1) is 11.9. The smallest absolute Gasteiger partial charge is 0.176 e. The third kappa shape index (κ3) is 2.62. The Morgan fingerprint density at radius 3 is 2.94 bits per heavy atom. The molecule has 1 aliphatic carbocycles. The average molecular weight is 265 g/mol. The molecule has 2 heterocycles. The average Bonchev–Trinajstić information content (AvgIpc) is 3.00. The van der Waals surface area contributed by atoms with Gasteiger partial charge in [-0.15, -0.1) is 11.3 Å². The summed E-state index contributed by atoms with van der Waals surface area (Å²) in [5, 5.41) is 7.76. The molecule has 1 aliphatic rings. The fraction of sp³-hybridized carbons (Fsp3) is 0.462. The highest BCUT2D eigenvalue weighted by molar-refractivity contribution is 7.10. The molecule has 18 heavy (non-hydrogen) atoms. The number of halogens is 1. The van der Waals surface area contributed by atoms with Gasteiger partial charge >= 0.3 is 0 Å². The molecule has 3 nitrogen and oxygen atoms in total. The molecule has 1 fully saturated rings. The number of nitrogens with zero attached hydrogens (tertiary/aromatic N) is 2. The van der Waals surface area contributed by atoms with Crippen LogP contribution in [0, 0.1) is 5.13 Å². The number of aryl methyl sites for hydroxylation is 1. The van der Waals surface area contributed by atoms with Crippen LogP contribution in [0.5, 0.6) is 0 Å². The summed E-state index contributed by atoms with van der Waals surface area (Å²) in [5.74, 6) is 0.669. The minimum absolute atomic E-state index is 0.119. The van der Waals surface area contributed by atoms with Crippen molar-refractivity contribution in [3.05, 3.63) is 39.6 Å². The van der Waals surface area contributed by atoms with E-state index in [2.05, 4.69) is 16.6 Å². The van der Waals surface area contributed by atoms with Gasteiger partial charge in [0.1, 0.15) is 0 Å². The van der Waals surface area contributed by atoms with Gasteiger partial charge in [-0.3, -0.25) is 4.68 Å². The summed E-state index contributed by atoms with van der Waals surface area (Å²) >= 11 is 1.20. The van der Waals surface area contributed by atoms with E-state index in [1.807, 2.05) is 17.8 Å². The minimum Gasteiger partial charge on any atom is -0.308 e. The summed E-state index contributed by atoms with van der Waals surface area (Å²) in [7, 11) is 1.96. The second-order valence-corrected chi connectivity index (χ2v) is 5.92. The Morgan fingerprint density at radius 2 is 2.28 bits per heavy atom. The lowest BCUT2D eigenvalue weighted by Gasteiger charge is -2.02. The van der Waals surface area contributed by atoms with Gasteiger partial charge < -0.3 is 5.32 Å². The van der Waals surface area contributed by atoms with Crippen molar-refractivity contribution < 1.29 is 4.39 Å². The van der Waals surface area contributed by atoms with Gasteiger partial charge in [0.05, 0.1) is 5.69 Å². The third-order valence-corrected chi connectivity index (χ3v) is 4.02. The van der Waals surface area contributed by atoms with E-state index in [-0.39, 0.29) is 5.13 Å². The van der Waals surface area contributed by atoms with Gasteiger partial charge in [0.25, 0.3) is 0 Å². The van der Waals surface area contributed by atoms with E-state index in [1.54, 1.807) is 0 Å². The molecule has 1 N–H and O–H groups in total. The van der Waals surface area contributed by atoms with Crippen LogP contribution < -0.4 is 5.32 Å². The van der Waals surface area contributed by atoms with Crippen LogP contribution in [0.3, 0.4) is 0 Å². The fourth-order valence-corrected chi connectivity index (χ4v) is 2.86. The number of rotatable bonds is 5. The highest BCUT2D eigenvalue weighted by Gasteiger charge is 2.28. The van der Waals surface area contributed by atoms with Crippen LogP contribution in [0.25, 0.3) is 0 Å². The molecule has 0 aliphatic heterocycles. The quantitative estimate of drug-likeness (QED) is 0.901. The topological polar surface area (TPSA) is 29.9 Å². The molecule has 2 aromatic heterocycles. The van der Waals surface area contributed by atoms with Crippen molar-refractivity contribution in [3.63, 3.8) is 0 Å². The molecule has 0 amide bonds. The maximum atomic E-state index is 12.8. The summed E-state index contributed by atoms with van der Waals surface area (Å²) in [6, 6.07) is 3.35. The predicted molar refractivity (Wildman–Crippen MR) is 70.0 cm³/mol. The number of nitrogens with one attached hydrogen (secondary N) is 1. The van der Waals surface area contributed by atoms with E-state index in [4.69, 9.17) is 0 Å². The van der Waals surface area contributed by atoms with Crippen LogP contribution in [0.1, 0.15) is 34.9 Å². The SMILES string of the molecule is Cn1cc(CNCc2ccc(F)s2)c(C2CC2)n1. The predicted octanol–water partition coefficient (Wildman–Crippen LogP) is 2.79. The minimum atomic E-state index is -0.119. The Morgan fingerprint density at radius 1 is 1.44 bits per heavy atom. The van der Waals surface area contributed by atoms with E-state index in [0.717, 1.165) is 11.4 Å². The zero-order valence-corrected chi connectivity index (χ0v) is 11.1. The Bertz CT molecular complexity index is 542. The summed E-state index contributed by atoms with van der Waals surface area (Å²) in [6.07, 6.45) is 4.61. The van der Waals surface area contributed by atoms with Crippen LogP contribution in [0.15, 0.2) is 18.3 Å². The third-order valence-electron chi connectivity index (χ3n) is 3.14. The van der Waals surface area contributed by atoms with E-state index < -0.39 is 0 Å². The number of thiophene rings is 1. The fourth-order valence-electron chi connectivity index (χ4n) is 2.16. The molecule has 0 saturated heterocycles. The normalized spacial score (nSPS) is 15.2. The Balaban J connectivity index is 1.59. The summed E-state index contributed by atoms with van der Waals surface area (Å²) in [5.41, 5.74) is 2.51. The Hall–Kier alpha value is -1.20. The first-order chi connectivity index (χ1) is 8.72. The molecular formula is C13H16FN3S. The van der Waals surface area contributed by atoms with Crippen LogP contribution in [0.4, 0.5) is 4.39 Å². The van der Waals surface area contributed by atoms with Gasteiger partial charge in [0, 0.05) is 42.7 Å². The second-order valence-electron chi connectivity index (χ2n) is 4.80. The van der Waals surface area contributed by atoms with Crippen molar-refractivity contribution in [1.82, 2.24) is 15.1 Å². The molecule has 2 aromatic rings. The van der Waals surface area contributed by atoms with E-state index in [1.165, 1.54) is 41.5 Å². The van der Waals surface area contributed by atoms with Crippen LogP contribution in [-0.2, 0) is 20.1 Å². The van der Waals surface area contributed by atoms with Crippen LogP contribution in [-0.4, -0.2) is 9.78 Å². The van der Waals surface area contributed by atoms with Crippen molar-refractivity contribution in [2.45, 2.75) is 31.8 Å². The van der Waals surface area contributed by atoms with Crippen molar-refractivity contribution >= 4 is 11.3 Å². The van der Waals surface area contributed by atoms with Gasteiger partial charge in [0.2, 0.25) is 0 Å². The molecule has 0 spiro atoms. The number of aromatic nitrogens is 2. The molecule has 0 unspecified atom stereocenters. The number of hydrogen-bond acceptors (Lipinski definition) is 3. The van der Waals surface area contributed by atoms with Crippen molar-refractivity contribution in [2.24, 2.45) is 7.05 Å². The zero-order valence-electron chi connectivity index (χ0n) is 10.3. The summed E-state index contributed by atoms with van der Waals surface area (Å²) in [6.45, 7) is 1.52. The lowest BCUT2D eigenvalue weighted by molar-refractivity contribution is 0.657. The highest BCUT2D eigenvalue weighted by Crippen LogP contribution is 2.40. The zero-order chi connectivity index (χ0) is 12.5. The monoisotopic (exact) mass is 265 g/mol.